The molecule has 1 aromatic heterocycles. The van der Waals surface area contributed by atoms with E-state index in [2.05, 4.69) is 11.2 Å². The van der Waals surface area contributed by atoms with Gasteiger partial charge in [-0.2, -0.15) is 0 Å². The first kappa shape index (κ1) is 12.1. The molecule has 0 saturated carbocycles. The van der Waals surface area contributed by atoms with Crippen LogP contribution in [0.2, 0.25) is 0 Å². The second-order valence-electron chi connectivity index (χ2n) is 4.01. The highest BCUT2D eigenvalue weighted by atomic mass is 16.3. The first-order valence-corrected chi connectivity index (χ1v) is 5.70. The van der Waals surface area contributed by atoms with E-state index in [-0.39, 0.29) is 17.7 Å². The fourth-order valence-electron chi connectivity index (χ4n) is 1.66. The first-order chi connectivity index (χ1) is 8.63. The number of hydrogen-bond donors (Lipinski definition) is 2. The van der Waals surface area contributed by atoms with Crippen molar-refractivity contribution < 1.29 is 9.21 Å². The number of hydrogen-bond acceptors (Lipinski definition) is 3. The average Bonchev–Trinajstić information content (AvgIpc) is 2.78. The number of rotatable bonds is 3. The molecule has 0 spiro atoms. The normalized spacial score (nSPS) is 12.0. The Hall–Kier alpha value is -2.41. The smallest absolute Gasteiger partial charge is 0.288 e. The fourth-order valence-corrected chi connectivity index (χ4v) is 1.66. The van der Waals surface area contributed by atoms with Crippen LogP contribution in [-0.2, 0) is 0 Å². The van der Waals surface area contributed by atoms with Gasteiger partial charge in [-0.3, -0.25) is 4.79 Å². The van der Waals surface area contributed by atoms with E-state index in [9.17, 15) is 4.79 Å². The van der Waals surface area contributed by atoms with Crippen molar-refractivity contribution in [3.05, 3.63) is 30.0 Å². The third-order valence-electron chi connectivity index (χ3n) is 2.68. The SMILES string of the molecule is C#CC(CC)NC(=O)c1cc2cc(N)ccc2o1. The molecular weight excluding hydrogens is 228 g/mol. The van der Waals surface area contributed by atoms with Gasteiger partial charge < -0.3 is 15.5 Å². The second kappa shape index (κ2) is 4.84. The average molecular weight is 242 g/mol. The number of nitrogen functional groups attached to an aromatic ring is 1. The van der Waals surface area contributed by atoms with Crippen LogP contribution in [0.4, 0.5) is 5.69 Å². The molecule has 0 aliphatic heterocycles. The molecule has 0 aliphatic rings. The van der Waals surface area contributed by atoms with Crippen molar-refractivity contribution in [1.29, 1.82) is 0 Å². The van der Waals surface area contributed by atoms with E-state index in [1.165, 1.54) is 0 Å². The van der Waals surface area contributed by atoms with Crippen molar-refractivity contribution in [2.75, 3.05) is 5.73 Å². The number of carbonyl (C=O) groups excluding carboxylic acids is 1. The number of anilines is 1. The van der Waals surface area contributed by atoms with Gasteiger partial charge in [0.05, 0.1) is 6.04 Å². The number of carbonyl (C=O) groups is 1. The molecule has 0 fully saturated rings. The van der Waals surface area contributed by atoms with Crippen LogP contribution < -0.4 is 11.1 Å². The predicted octanol–water partition coefficient (Wildman–Crippen LogP) is 2.16. The summed E-state index contributed by atoms with van der Waals surface area (Å²) in [6.07, 6.45) is 5.97. The van der Waals surface area contributed by atoms with Gasteiger partial charge in [-0.1, -0.05) is 12.8 Å². The molecule has 1 atom stereocenters. The van der Waals surface area contributed by atoms with Crippen LogP contribution in [0, 0.1) is 12.3 Å². The summed E-state index contributed by atoms with van der Waals surface area (Å²) in [6, 6.07) is 6.60. The molecule has 3 N–H and O–H groups in total. The minimum Gasteiger partial charge on any atom is -0.451 e. The molecule has 0 saturated heterocycles. The lowest BCUT2D eigenvalue weighted by atomic mass is 10.2. The van der Waals surface area contributed by atoms with E-state index >= 15 is 0 Å². The summed E-state index contributed by atoms with van der Waals surface area (Å²) >= 11 is 0. The number of amides is 1. The Morgan fingerprint density at radius 2 is 2.33 bits per heavy atom. The monoisotopic (exact) mass is 242 g/mol. The van der Waals surface area contributed by atoms with E-state index in [1.54, 1.807) is 24.3 Å². The molecule has 2 aromatic rings. The lowest BCUT2D eigenvalue weighted by Gasteiger charge is -2.08. The number of benzene rings is 1. The molecule has 4 heteroatoms. The molecule has 1 aromatic carbocycles. The van der Waals surface area contributed by atoms with E-state index in [0.717, 1.165) is 5.39 Å². The van der Waals surface area contributed by atoms with Crippen LogP contribution in [-0.4, -0.2) is 11.9 Å². The van der Waals surface area contributed by atoms with Crippen molar-refractivity contribution in [1.82, 2.24) is 5.32 Å². The van der Waals surface area contributed by atoms with Gasteiger partial charge in [0.25, 0.3) is 5.91 Å². The zero-order valence-electron chi connectivity index (χ0n) is 10.1. The fraction of sp³-hybridized carbons (Fsp3) is 0.214. The quantitative estimate of drug-likeness (QED) is 0.640. The van der Waals surface area contributed by atoms with E-state index in [0.29, 0.717) is 17.7 Å². The maximum Gasteiger partial charge on any atom is 0.288 e. The lowest BCUT2D eigenvalue weighted by Crippen LogP contribution is -2.32. The van der Waals surface area contributed by atoms with Crippen molar-refractivity contribution >= 4 is 22.6 Å². The Morgan fingerprint density at radius 1 is 1.56 bits per heavy atom. The summed E-state index contributed by atoms with van der Waals surface area (Å²) in [7, 11) is 0. The molecule has 1 heterocycles. The Kier molecular flexibility index (Phi) is 3.24. The van der Waals surface area contributed by atoms with Gasteiger partial charge in [-0.25, -0.2) is 0 Å². The Bertz CT molecular complexity index is 622. The molecule has 4 nitrogen and oxygen atoms in total. The van der Waals surface area contributed by atoms with Crippen molar-refractivity contribution in [3.63, 3.8) is 0 Å². The molecule has 18 heavy (non-hydrogen) atoms. The molecule has 2 rings (SSSR count). The van der Waals surface area contributed by atoms with Crippen molar-refractivity contribution in [3.8, 4) is 12.3 Å². The van der Waals surface area contributed by atoms with E-state index in [4.69, 9.17) is 16.6 Å². The van der Waals surface area contributed by atoms with Gasteiger partial charge in [0, 0.05) is 11.1 Å². The predicted molar refractivity (Wildman–Crippen MR) is 71.0 cm³/mol. The van der Waals surface area contributed by atoms with Gasteiger partial charge in [0.1, 0.15) is 5.58 Å². The zero-order valence-corrected chi connectivity index (χ0v) is 10.1. The second-order valence-corrected chi connectivity index (χ2v) is 4.01. The topological polar surface area (TPSA) is 68.3 Å². The van der Waals surface area contributed by atoms with Crippen LogP contribution >= 0.6 is 0 Å². The summed E-state index contributed by atoms with van der Waals surface area (Å²) in [6.45, 7) is 1.91. The maximum absolute atomic E-state index is 11.9. The van der Waals surface area contributed by atoms with Crippen LogP contribution in [0.1, 0.15) is 23.9 Å². The molecule has 0 aliphatic carbocycles. The van der Waals surface area contributed by atoms with E-state index < -0.39 is 0 Å². The standard InChI is InChI=1S/C14H14N2O2/c1-3-11(4-2)16-14(17)13-8-9-7-10(15)5-6-12(9)18-13/h1,5-8,11H,4,15H2,2H3,(H,16,17). The first-order valence-electron chi connectivity index (χ1n) is 5.70. The van der Waals surface area contributed by atoms with Crippen LogP contribution in [0.3, 0.4) is 0 Å². The summed E-state index contributed by atoms with van der Waals surface area (Å²) in [5, 5.41) is 3.51. The molecular formula is C14H14N2O2. The Labute approximate surface area is 105 Å². The largest absolute Gasteiger partial charge is 0.451 e. The highest BCUT2D eigenvalue weighted by Gasteiger charge is 2.14. The maximum atomic E-state index is 11.9. The van der Waals surface area contributed by atoms with Gasteiger partial charge >= 0.3 is 0 Å². The Balaban J connectivity index is 2.26. The van der Waals surface area contributed by atoms with E-state index in [1.807, 2.05) is 6.92 Å². The summed E-state index contributed by atoms with van der Waals surface area (Å²) in [4.78, 5) is 11.9. The van der Waals surface area contributed by atoms with Crippen molar-refractivity contribution in [2.24, 2.45) is 0 Å². The summed E-state index contributed by atoms with van der Waals surface area (Å²) in [5.74, 6) is 2.43. The van der Waals surface area contributed by atoms with Gasteiger partial charge in [0.2, 0.25) is 0 Å². The number of nitrogens with two attached hydrogens (primary N) is 1. The van der Waals surface area contributed by atoms with Crippen LogP contribution in [0.15, 0.2) is 28.7 Å². The number of fused-ring (bicyclic) bond motifs is 1. The molecule has 1 unspecified atom stereocenters. The minimum atomic E-state index is -0.311. The number of furan rings is 1. The van der Waals surface area contributed by atoms with Crippen molar-refractivity contribution in [2.45, 2.75) is 19.4 Å². The molecule has 1 amide bonds. The van der Waals surface area contributed by atoms with Gasteiger partial charge in [-0.15, -0.1) is 6.42 Å². The van der Waals surface area contributed by atoms with Crippen LogP contribution in [0.25, 0.3) is 11.0 Å². The minimum absolute atomic E-state index is 0.240. The highest BCUT2D eigenvalue weighted by Crippen LogP contribution is 2.21. The third-order valence-corrected chi connectivity index (χ3v) is 2.68. The number of nitrogens with one attached hydrogen (secondary N) is 1. The highest BCUT2D eigenvalue weighted by molar-refractivity contribution is 5.96. The Morgan fingerprint density at radius 3 is 3.00 bits per heavy atom. The van der Waals surface area contributed by atoms with Gasteiger partial charge in [0.15, 0.2) is 5.76 Å². The summed E-state index contributed by atoms with van der Waals surface area (Å²) in [5.41, 5.74) is 6.92. The van der Waals surface area contributed by atoms with Crippen LogP contribution in [0.5, 0.6) is 0 Å². The molecule has 0 radical (unpaired) electrons. The molecule has 0 bridgehead atoms. The van der Waals surface area contributed by atoms with Gasteiger partial charge in [-0.05, 0) is 30.7 Å². The number of terminal acetylenes is 1. The molecule has 92 valence electrons. The summed E-state index contributed by atoms with van der Waals surface area (Å²) < 4.78 is 5.44. The lowest BCUT2D eigenvalue weighted by molar-refractivity contribution is 0.0919. The third kappa shape index (κ3) is 2.30. The zero-order chi connectivity index (χ0) is 13.1.